The Balaban J connectivity index is 2.09. The van der Waals surface area contributed by atoms with Crippen LogP contribution < -0.4 is 11.1 Å². The van der Waals surface area contributed by atoms with E-state index in [0.717, 1.165) is 16.7 Å². The summed E-state index contributed by atoms with van der Waals surface area (Å²) >= 11 is 0. The SMILES string of the molecule is Cc1ccnc(NCc2cccc(CO)c2)c1N. The molecule has 1 heterocycles. The molecule has 1 aromatic heterocycles. The number of nitrogens with zero attached hydrogens (tertiary/aromatic N) is 1. The largest absolute Gasteiger partial charge is 0.396 e. The van der Waals surface area contributed by atoms with Crippen LogP contribution in [-0.4, -0.2) is 10.1 Å². The summed E-state index contributed by atoms with van der Waals surface area (Å²) in [6.07, 6.45) is 1.73. The van der Waals surface area contributed by atoms with Crippen molar-refractivity contribution in [2.45, 2.75) is 20.1 Å². The molecule has 18 heavy (non-hydrogen) atoms. The van der Waals surface area contributed by atoms with E-state index in [1.165, 1.54) is 0 Å². The first kappa shape index (κ1) is 12.4. The van der Waals surface area contributed by atoms with Crippen molar-refractivity contribution in [3.8, 4) is 0 Å². The third-order valence-electron chi connectivity index (χ3n) is 2.84. The lowest BCUT2D eigenvalue weighted by Crippen LogP contribution is -2.05. The smallest absolute Gasteiger partial charge is 0.149 e. The van der Waals surface area contributed by atoms with Crippen LogP contribution in [0.2, 0.25) is 0 Å². The van der Waals surface area contributed by atoms with Crippen LogP contribution in [0.1, 0.15) is 16.7 Å². The monoisotopic (exact) mass is 243 g/mol. The minimum Gasteiger partial charge on any atom is -0.396 e. The second-order valence-electron chi connectivity index (χ2n) is 4.22. The Morgan fingerprint density at radius 2 is 2.06 bits per heavy atom. The van der Waals surface area contributed by atoms with Crippen molar-refractivity contribution in [1.82, 2.24) is 4.98 Å². The van der Waals surface area contributed by atoms with E-state index in [2.05, 4.69) is 10.3 Å². The summed E-state index contributed by atoms with van der Waals surface area (Å²) in [5.74, 6) is 0.699. The number of nitrogens with one attached hydrogen (secondary N) is 1. The van der Waals surface area contributed by atoms with E-state index < -0.39 is 0 Å². The number of hydrogen-bond acceptors (Lipinski definition) is 4. The highest BCUT2D eigenvalue weighted by molar-refractivity contribution is 5.64. The van der Waals surface area contributed by atoms with Crippen LogP contribution in [0, 0.1) is 6.92 Å². The fourth-order valence-electron chi connectivity index (χ4n) is 1.73. The molecule has 0 atom stereocenters. The fourth-order valence-corrected chi connectivity index (χ4v) is 1.73. The zero-order chi connectivity index (χ0) is 13.0. The molecular weight excluding hydrogens is 226 g/mol. The maximum atomic E-state index is 9.08. The number of aliphatic hydroxyl groups is 1. The molecule has 0 spiro atoms. The normalized spacial score (nSPS) is 10.3. The molecule has 0 aliphatic carbocycles. The number of benzene rings is 1. The molecule has 0 aliphatic rings. The first-order valence-electron chi connectivity index (χ1n) is 5.84. The minimum absolute atomic E-state index is 0.0542. The Morgan fingerprint density at radius 1 is 1.28 bits per heavy atom. The fraction of sp³-hybridized carbons (Fsp3) is 0.214. The molecule has 0 aliphatic heterocycles. The highest BCUT2D eigenvalue weighted by Gasteiger charge is 2.02. The van der Waals surface area contributed by atoms with E-state index in [0.29, 0.717) is 18.1 Å². The predicted octanol–water partition coefficient (Wildman–Crippen LogP) is 2.08. The highest BCUT2D eigenvalue weighted by Crippen LogP contribution is 2.19. The van der Waals surface area contributed by atoms with Crippen molar-refractivity contribution in [2.24, 2.45) is 0 Å². The lowest BCUT2D eigenvalue weighted by molar-refractivity contribution is 0.281. The lowest BCUT2D eigenvalue weighted by Gasteiger charge is -2.10. The highest BCUT2D eigenvalue weighted by atomic mass is 16.3. The lowest BCUT2D eigenvalue weighted by atomic mass is 10.1. The van der Waals surface area contributed by atoms with E-state index in [1.54, 1.807) is 6.20 Å². The Bertz CT molecular complexity index is 540. The molecule has 2 aromatic rings. The molecule has 0 saturated heterocycles. The van der Waals surface area contributed by atoms with Gasteiger partial charge in [-0.2, -0.15) is 0 Å². The van der Waals surface area contributed by atoms with Gasteiger partial charge in [-0.3, -0.25) is 0 Å². The van der Waals surface area contributed by atoms with Gasteiger partial charge in [-0.1, -0.05) is 24.3 Å². The molecule has 0 saturated carbocycles. The second-order valence-corrected chi connectivity index (χ2v) is 4.22. The van der Waals surface area contributed by atoms with Gasteiger partial charge in [0.1, 0.15) is 5.82 Å². The van der Waals surface area contributed by atoms with E-state index in [9.17, 15) is 0 Å². The zero-order valence-corrected chi connectivity index (χ0v) is 10.4. The Labute approximate surface area is 106 Å². The number of hydrogen-bond donors (Lipinski definition) is 3. The molecule has 2 rings (SSSR count). The zero-order valence-electron chi connectivity index (χ0n) is 10.4. The third kappa shape index (κ3) is 2.78. The Morgan fingerprint density at radius 3 is 2.83 bits per heavy atom. The summed E-state index contributed by atoms with van der Waals surface area (Å²) in [5, 5.41) is 12.3. The van der Waals surface area contributed by atoms with Crippen LogP contribution in [0.5, 0.6) is 0 Å². The van der Waals surface area contributed by atoms with Gasteiger partial charge in [0, 0.05) is 12.7 Å². The van der Waals surface area contributed by atoms with Crippen LogP contribution in [0.3, 0.4) is 0 Å². The van der Waals surface area contributed by atoms with Gasteiger partial charge in [0.2, 0.25) is 0 Å². The molecular formula is C14H17N3O. The number of aromatic nitrogens is 1. The number of anilines is 2. The topological polar surface area (TPSA) is 71.2 Å². The summed E-state index contributed by atoms with van der Waals surface area (Å²) < 4.78 is 0. The van der Waals surface area contributed by atoms with E-state index in [1.807, 2.05) is 37.3 Å². The maximum absolute atomic E-state index is 9.08. The number of aliphatic hydroxyl groups excluding tert-OH is 1. The molecule has 4 nitrogen and oxygen atoms in total. The number of nitrogen functional groups attached to an aromatic ring is 1. The second kappa shape index (κ2) is 5.51. The van der Waals surface area contributed by atoms with Crippen molar-refractivity contribution >= 4 is 11.5 Å². The van der Waals surface area contributed by atoms with Crippen LogP contribution in [0.25, 0.3) is 0 Å². The molecule has 0 unspecified atom stereocenters. The average molecular weight is 243 g/mol. The van der Waals surface area contributed by atoms with Crippen molar-refractivity contribution < 1.29 is 5.11 Å². The van der Waals surface area contributed by atoms with Crippen LogP contribution >= 0.6 is 0 Å². The summed E-state index contributed by atoms with van der Waals surface area (Å²) in [4.78, 5) is 4.21. The summed E-state index contributed by atoms with van der Waals surface area (Å²) in [5.41, 5.74) is 9.61. The third-order valence-corrected chi connectivity index (χ3v) is 2.84. The quantitative estimate of drug-likeness (QED) is 0.768. The van der Waals surface area contributed by atoms with Crippen molar-refractivity contribution in [3.05, 3.63) is 53.2 Å². The molecule has 0 amide bonds. The average Bonchev–Trinajstić information content (AvgIpc) is 2.41. The van der Waals surface area contributed by atoms with Crippen LogP contribution in [0.4, 0.5) is 11.5 Å². The molecule has 0 radical (unpaired) electrons. The minimum atomic E-state index is 0.0542. The van der Waals surface area contributed by atoms with Gasteiger partial charge in [0.25, 0.3) is 0 Å². The van der Waals surface area contributed by atoms with Gasteiger partial charge in [0.05, 0.1) is 12.3 Å². The molecule has 94 valence electrons. The molecule has 4 N–H and O–H groups in total. The molecule has 1 aromatic carbocycles. The predicted molar refractivity (Wildman–Crippen MR) is 73.1 cm³/mol. The number of rotatable bonds is 4. The van der Waals surface area contributed by atoms with Crippen molar-refractivity contribution in [3.63, 3.8) is 0 Å². The van der Waals surface area contributed by atoms with Gasteiger partial charge < -0.3 is 16.2 Å². The van der Waals surface area contributed by atoms with Gasteiger partial charge in [-0.05, 0) is 29.7 Å². The van der Waals surface area contributed by atoms with Gasteiger partial charge in [-0.15, -0.1) is 0 Å². The van der Waals surface area contributed by atoms with Gasteiger partial charge >= 0.3 is 0 Å². The first-order chi connectivity index (χ1) is 8.70. The standard InChI is InChI=1S/C14H17N3O/c1-10-5-6-16-14(13(10)15)17-8-11-3-2-4-12(7-11)9-18/h2-7,18H,8-9,15H2,1H3,(H,16,17). The summed E-state index contributed by atoms with van der Waals surface area (Å²) in [6.45, 7) is 2.64. The van der Waals surface area contributed by atoms with Crippen molar-refractivity contribution in [2.75, 3.05) is 11.1 Å². The Kier molecular flexibility index (Phi) is 3.79. The van der Waals surface area contributed by atoms with E-state index in [-0.39, 0.29) is 6.61 Å². The summed E-state index contributed by atoms with van der Waals surface area (Å²) in [6, 6.07) is 9.66. The summed E-state index contributed by atoms with van der Waals surface area (Å²) in [7, 11) is 0. The maximum Gasteiger partial charge on any atom is 0.149 e. The van der Waals surface area contributed by atoms with Gasteiger partial charge in [0.15, 0.2) is 0 Å². The Hall–Kier alpha value is -2.07. The van der Waals surface area contributed by atoms with E-state index >= 15 is 0 Å². The van der Waals surface area contributed by atoms with Crippen molar-refractivity contribution in [1.29, 1.82) is 0 Å². The van der Waals surface area contributed by atoms with Crippen LogP contribution in [-0.2, 0) is 13.2 Å². The number of nitrogens with two attached hydrogens (primary N) is 1. The molecule has 4 heteroatoms. The number of aryl methyl sites for hydroxylation is 1. The van der Waals surface area contributed by atoms with Gasteiger partial charge in [-0.25, -0.2) is 4.98 Å². The number of pyridine rings is 1. The first-order valence-corrected chi connectivity index (χ1v) is 5.84. The molecule has 0 bridgehead atoms. The molecule has 0 fully saturated rings. The van der Waals surface area contributed by atoms with E-state index in [4.69, 9.17) is 10.8 Å². The van der Waals surface area contributed by atoms with Crippen LogP contribution in [0.15, 0.2) is 36.5 Å².